The van der Waals surface area contributed by atoms with E-state index < -0.39 is 5.97 Å². The Morgan fingerprint density at radius 2 is 2.32 bits per heavy atom. The third kappa shape index (κ3) is 2.82. The Morgan fingerprint density at radius 1 is 1.53 bits per heavy atom. The van der Waals surface area contributed by atoms with Gasteiger partial charge >= 0.3 is 5.97 Å². The van der Waals surface area contributed by atoms with Crippen LogP contribution in [0, 0.1) is 0 Å². The second-order valence-corrected chi connectivity index (χ2v) is 3.99. The number of nitrogen functional groups attached to an aromatic ring is 1. The van der Waals surface area contributed by atoms with Gasteiger partial charge in [-0.2, -0.15) is 0 Å². The van der Waals surface area contributed by atoms with E-state index in [1.165, 1.54) is 12.1 Å². The standard InChI is InChI=1S/C12H15N5O2/c1-2-17-7-15-16-11(17)6-14-10-4-3-8(12(18)19)5-9(10)13/h3-5,7,14H,2,6,13H2,1H3,(H,18,19). The molecular formula is C12H15N5O2. The number of aromatic carboxylic acids is 1. The van der Waals surface area contributed by atoms with Gasteiger partial charge in [0.15, 0.2) is 5.82 Å². The van der Waals surface area contributed by atoms with Crippen molar-refractivity contribution in [2.24, 2.45) is 0 Å². The second kappa shape index (κ2) is 5.38. The van der Waals surface area contributed by atoms with E-state index in [-0.39, 0.29) is 5.56 Å². The first kappa shape index (κ1) is 12.9. The first-order valence-electron chi connectivity index (χ1n) is 5.85. The fraction of sp³-hybridized carbons (Fsp3) is 0.250. The van der Waals surface area contributed by atoms with Crippen molar-refractivity contribution in [2.75, 3.05) is 11.1 Å². The molecule has 4 N–H and O–H groups in total. The Bertz CT molecular complexity index is 594. The number of hydrogen-bond donors (Lipinski definition) is 3. The SMILES string of the molecule is CCn1cnnc1CNc1ccc(C(=O)O)cc1N. The van der Waals surface area contributed by atoms with Crippen LogP contribution in [0.2, 0.25) is 0 Å². The first-order valence-corrected chi connectivity index (χ1v) is 5.85. The molecule has 1 aromatic heterocycles. The lowest BCUT2D eigenvalue weighted by Crippen LogP contribution is -2.09. The van der Waals surface area contributed by atoms with Crippen LogP contribution in [0.15, 0.2) is 24.5 Å². The van der Waals surface area contributed by atoms with Gasteiger partial charge in [-0.25, -0.2) is 4.79 Å². The third-order valence-corrected chi connectivity index (χ3v) is 2.77. The summed E-state index contributed by atoms with van der Waals surface area (Å²) in [6.45, 7) is 3.27. The molecule has 2 rings (SSSR count). The smallest absolute Gasteiger partial charge is 0.335 e. The van der Waals surface area contributed by atoms with E-state index in [0.717, 1.165) is 12.4 Å². The zero-order chi connectivity index (χ0) is 13.8. The average molecular weight is 261 g/mol. The Balaban J connectivity index is 2.10. The van der Waals surface area contributed by atoms with Gasteiger partial charge in [0.2, 0.25) is 0 Å². The Morgan fingerprint density at radius 3 is 2.95 bits per heavy atom. The summed E-state index contributed by atoms with van der Waals surface area (Å²) >= 11 is 0. The topological polar surface area (TPSA) is 106 Å². The molecule has 0 saturated carbocycles. The number of carbonyl (C=O) groups is 1. The van der Waals surface area contributed by atoms with E-state index in [1.54, 1.807) is 12.4 Å². The van der Waals surface area contributed by atoms with Crippen molar-refractivity contribution in [1.82, 2.24) is 14.8 Å². The van der Waals surface area contributed by atoms with Crippen molar-refractivity contribution in [1.29, 1.82) is 0 Å². The van der Waals surface area contributed by atoms with Crippen molar-refractivity contribution in [2.45, 2.75) is 20.0 Å². The third-order valence-electron chi connectivity index (χ3n) is 2.77. The molecule has 1 heterocycles. The molecule has 0 saturated heterocycles. The second-order valence-electron chi connectivity index (χ2n) is 3.99. The molecule has 0 radical (unpaired) electrons. The van der Waals surface area contributed by atoms with Gasteiger partial charge in [-0.1, -0.05) is 0 Å². The zero-order valence-electron chi connectivity index (χ0n) is 10.5. The molecule has 0 amide bonds. The monoisotopic (exact) mass is 261 g/mol. The molecule has 100 valence electrons. The molecular weight excluding hydrogens is 246 g/mol. The number of carboxylic acids is 1. The van der Waals surface area contributed by atoms with E-state index in [4.69, 9.17) is 10.8 Å². The minimum atomic E-state index is -0.996. The van der Waals surface area contributed by atoms with Crippen molar-refractivity contribution in [3.8, 4) is 0 Å². The van der Waals surface area contributed by atoms with Crippen LogP contribution in [-0.2, 0) is 13.1 Å². The number of rotatable bonds is 5. The molecule has 0 aliphatic carbocycles. The number of nitrogens with one attached hydrogen (secondary N) is 1. The quantitative estimate of drug-likeness (QED) is 0.698. The van der Waals surface area contributed by atoms with Gasteiger partial charge in [-0.15, -0.1) is 10.2 Å². The number of aromatic nitrogens is 3. The maximum Gasteiger partial charge on any atom is 0.335 e. The van der Waals surface area contributed by atoms with Crippen molar-refractivity contribution < 1.29 is 9.90 Å². The van der Waals surface area contributed by atoms with Crippen LogP contribution in [0.5, 0.6) is 0 Å². The maximum atomic E-state index is 10.8. The van der Waals surface area contributed by atoms with Crippen LogP contribution in [-0.4, -0.2) is 25.8 Å². The number of anilines is 2. The van der Waals surface area contributed by atoms with Gasteiger partial charge in [0.05, 0.1) is 23.5 Å². The molecule has 0 unspecified atom stereocenters. The van der Waals surface area contributed by atoms with Gasteiger partial charge < -0.3 is 20.7 Å². The number of benzene rings is 1. The molecule has 7 heteroatoms. The Labute approximate surface area is 110 Å². The fourth-order valence-corrected chi connectivity index (χ4v) is 1.71. The predicted octanol–water partition coefficient (Wildman–Crippen LogP) is 1.19. The van der Waals surface area contributed by atoms with E-state index in [0.29, 0.717) is 17.9 Å². The largest absolute Gasteiger partial charge is 0.478 e. The number of aryl methyl sites for hydroxylation is 1. The van der Waals surface area contributed by atoms with Crippen LogP contribution in [0.3, 0.4) is 0 Å². The van der Waals surface area contributed by atoms with Gasteiger partial charge in [0.1, 0.15) is 6.33 Å². The first-order chi connectivity index (χ1) is 9.11. The van der Waals surface area contributed by atoms with Crippen LogP contribution in [0.25, 0.3) is 0 Å². The summed E-state index contributed by atoms with van der Waals surface area (Å²) in [4.78, 5) is 10.8. The molecule has 0 bridgehead atoms. The van der Waals surface area contributed by atoms with Crippen LogP contribution in [0.1, 0.15) is 23.1 Å². The number of hydrogen-bond acceptors (Lipinski definition) is 5. The molecule has 0 spiro atoms. The van der Waals surface area contributed by atoms with Gasteiger partial charge in [0, 0.05) is 6.54 Å². The van der Waals surface area contributed by atoms with Crippen molar-refractivity contribution >= 4 is 17.3 Å². The summed E-state index contributed by atoms with van der Waals surface area (Å²) in [5.41, 5.74) is 7.03. The van der Waals surface area contributed by atoms with Crippen molar-refractivity contribution in [3.05, 3.63) is 35.9 Å². The minimum absolute atomic E-state index is 0.166. The lowest BCUT2D eigenvalue weighted by molar-refractivity contribution is 0.0697. The summed E-state index contributed by atoms with van der Waals surface area (Å²) in [5.74, 6) is -0.201. The summed E-state index contributed by atoms with van der Waals surface area (Å²) in [5, 5.41) is 19.8. The molecule has 0 aliphatic heterocycles. The minimum Gasteiger partial charge on any atom is -0.478 e. The summed E-state index contributed by atoms with van der Waals surface area (Å²) in [6, 6.07) is 4.58. The van der Waals surface area contributed by atoms with Gasteiger partial charge in [0.25, 0.3) is 0 Å². The highest BCUT2D eigenvalue weighted by Crippen LogP contribution is 2.20. The molecule has 7 nitrogen and oxygen atoms in total. The van der Waals surface area contributed by atoms with Crippen LogP contribution >= 0.6 is 0 Å². The van der Waals surface area contributed by atoms with Crippen LogP contribution < -0.4 is 11.1 Å². The van der Waals surface area contributed by atoms with Gasteiger partial charge in [-0.3, -0.25) is 0 Å². The average Bonchev–Trinajstić information content (AvgIpc) is 2.84. The van der Waals surface area contributed by atoms with E-state index in [2.05, 4.69) is 15.5 Å². The zero-order valence-corrected chi connectivity index (χ0v) is 10.5. The Hall–Kier alpha value is -2.57. The van der Waals surface area contributed by atoms with Crippen molar-refractivity contribution in [3.63, 3.8) is 0 Å². The van der Waals surface area contributed by atoms with Gasteiger partial charge in [-0.05, 0) is 25.1 Å². The highest BCUT2D eigenvalue weighted by molar-refractivity contribution is 5.90. The maximum absolute atomic E-state index is 10.8. The van der Waals surface area contributed by atoms with E-state index >= 15 is 0 Å². The van der Waals surface area contributed by atoms with E-state index in [9.17, 15) is 4.79 Å². The molecule has 2 aromatic rings. The lowest BCUT2D eigenvalue weighted by atomic mass is 10.2. The molecule has 1 aromatic carbocycles. The van der Waals surface area contributed by atoms with Crippen LogP contribution in [0.4, 0.5) is 11.4 Å². The Kier molecular flexibility index (Phi) is 3.65. The highest BCUT2D eigenvalue weighted by atomic mass is 16.4. The predicted molar refractivity (Wildman–Crippen MR) is 70.8 cm³/mol. The summed E-state index contributed by atoms with van der Waals surface area (Å²) < 4.78 is 1.91. The molecule has 0 atom stereocenters. The number of carboxylic acid groups (broad SMARTS) is 1. The normalized spacial score (nSPS) is 10.4. The number of nitrogens with zero attached hydrogens (tertiary/aromatic N) is 3. The molecule has 0 fully saturated rings. The molecule has 19 heavy (non-hydrogen) atoms. The summed E-state index contributed by atoms with van der Waals surface area (Å²) in [7, 11) is 0. The summed E-state index contributed by atoms with van der Waals surface area (Å²) in [6.07, 6.45) is 1.66. The lowest BCUT2D eigenvalue weighted by Gasteiger charge is -2.10. The molecule has 0 aliphatic rings. The van der Waals surface area contributed by atoms with E-state index in [1.807, 2.05) is 11.5 Å². The number of nitrogens with two attached hydrogens (primary N) is 1. The highest BCUT2D eigenvalue weighted by Gasteiger charge is 2.07. The fourth-order valence-electron chi connectivity index (χ4n) is 1.71.